The third-order valence-electron chi connectivity index (χ3n) is 2.40. The van der Waals surface area contributed by atoms with Gasteiger partial charge in [0.15, 0.2) is 0 Å². The molecule has 1 amide bonds. The van der Waals surface area contributed by atoms with Crippen LogP contribution in [0.2, 0.25) is 0 Å². The van der Waals surface area contributed by atoms with Crippen LogP contribution in [0.3, 0.4) is 0 Å². The summed E-state index contributed by atoms with van der Waals surface area (Å²) >= 11 is 3.16. The maximum Gasteiger partial charge on any atom is 0.259 e. The molecule has 0 aliphatic heterocycles. The minimum Gasteiger partial charge on any atom is -0.319 e. The average Bonchev–Trinajstić information content (AvgIpc) is 2.76. The van der Waals surface area contributed by atoms with Gasteiger partial charge in [0.05, 0.1) is 17.4 Å². The second-order valence-electron chi connectivity index (χ2n) is 3.64. The summed E-state index contributed by atoms with van der Waals surface area (Å²) in [6, 6.07) is 4.40. The van der Waals surface area contributed by atoms with Crippen LogP contribution in [0.25, 0.3) is 0 Å². The predicted molar refractivity (Wildman–Crippen MR) is 70.0 cm³/mol. The van der Waals surface area contributed by atoms with Crippen LogP contribution in [0, 0.1) is 5.82 Å². The first-order valence-electron chi connectivity index (χ1n) is 5.39. The van der Waals surface area contributed by atoms with Gasteiger partial charge in [-0.25, -0.2) is 4.39 Å². The van der Waals surface area contributed by atoms with Crippen LogP contribution in [0.15, 0.2) is 35.1 Å². The first-order chi connectivity index (χ1) is 8.61. The smallest absolute Gasteiger partial charge is 0.259 e. The van der Waals surface area contributed by atoms with Gasteiger partial charge in [0, 0.05) is 17.2 Å². The van der Waals surface area contributed by atoms with Gasteiger partial charge in [-0.1, -0.05) is 6.07 Å². The zero-order valence-corrected chi connectivity index (χ0v) is 11.2. The fraction of sp³-hybridized carbons (Fsp3) is 0.167. The first-order valence-corrected chi connectivity index (χ1v) is 6.19. The lowest BCUT2D eigenvalue weighted by Gasteiger charge is -2.05. The van der Waals surface area contributed by atoms with Crippen LogP contribution in [-0.4, -0.2) is 15.7 Å². The molecule has 0 saturated carbocycles. The van der Waals surface area contributed by atoms with Crippen molar-refractivity contribution < 1.29 is 9.18 Å². The minimum absolute atomic E-state index is 0.0123. The number of carbonyl (C=O) groups excluding carboxylic acids is 1. The van der Waals surface area contributed by atoms with Crippen molar-refractivity contribution in [2.75, 3.05) is 5.32 Å². The zero-order valence-electron chi connectivity index (χ0n) is 9.65. The van der Waals surface area contributed by atoms with Crippen LogP contribution >= 0.6 is 15.9 Å². The van der Waals surface area contributed by atoms with Gasteiger partial charge in [0.1, 0.15) is 5.82 Å². The molecule has 2 aromatic rings. The van der Waals surface area contributed by atoms with Crippen LogP contribution < -0.4 is 5.32 Å². The molecule has 1 aromatic heterocycles. The van der Waals surface area contributed by atoms with Crippen molar-refractivity contribution in [3.63, 3.8) is 0 Å². The maximum atomic E-state index is 13.6. The molecular weight excluding hydrogens is 301 g/mol. The molecule has 0 aliphatic carbocycles. The van der Waals surface area contributed by atoms with Crippen molar-refractivity contribution >= 4 is 27.5 Å². The number of aryl methyl sites for hydroxylation is 1. The number of benzene rings is 1. The van der Waals surface area contributed by atoms with E-state index in [2.05, 4.69) is 26.3 Å². The van der Waals surface area contributed by atoms with Crippen molar-refractivity contribution in [2.24, 2.45) is 0 Å². The Hall–Kier alpha value is -1.69. The molecule has 6 heteroatoms. The Kier molecular flexibility index (Phi) is 3.76. The Bertz CT molecular complexity index is 562. The molecule has 18 heavy (non-hydrogen) atoms. The molecule has 0 spiro atoms. The lowest BCUT2D eigenvalue weighted by atomic mass is 10.2. The summed E-state index contributed by atoms with van der Waals surface area (Å²) in [5, 5.41) is 6.63. The highest BCUT2D eigenvalue weighted by Crippen LogP contribution is 2.20. The van der Waals surface area contributed by atoms with E-state index < -0.39 is 11.7 Å². The minimum atomic E-state index is -0.565. The summed E-state index contributed by atoms with van der Waals surface area (Å²) in [6.07, 6.45) is 3.21. The lowest BCUT2D eigenvalue weighted by molar-refractivity contribution is 0.102. The summed E-state index contributed by atoms with van der Waals surface area (Å²) in [5.41, 5.74) is 0.527. The van der Waals surface area contributed by atoms with Gasteiger partial charge < -0.3 is 5.32 Å². The Morgan fingerprint density at radius 2 is 2.33 bits per heavy atom. The van der Waals surface area contributed by atoms with Crippen LogP contribution in [0.4, 0.5) is 10.1 Å². The Balaban J connectivity index is 2.22. The fourth-order valence-corrected chi connectivity index (χ4v) is 2.03. The van der Waals surface area contributed by atoms with Crippen molar-refractivity contribution in [1.82, 2.24) is 9.78 Å². The molecule has 0 unspecified atom stereocenters. The summed E-state index contributed by atoms with van der Waals surface area (Å²) in [5.74, 6) is -1.07. The first kappa shape index (κ1) is 12.8. The number of aromatic nitrogens is 2. The summed E-state index contributed by atoms with van der Waals surface area (Å²) in [6.45, 7) is 2.64. The highest BCUT2D eigenvalue weighted by atomic mass is 79.9. The van der Waals surface area contributed by atoms with E-state index in [4.69, 9.17) is 0 Å². The Labute approximate surface area is 112 Å². The number of amides is 1. The largest absolute Gasteiger partial charge is 0.319 e. The molecule has 0 fully saturated rings. The van der Waals surface area contributed by atoms with Gasteiger partial charge in [-0.05, 0) is 35.0 Å². The van der Waals surface area contributed by atoms with Crippen LogP contribution in [0.5, 0.6) is 0 Å². The molecule has 4 nitrogen and oxygen atoms in total. The number of nitrogens with one attached hydrogen (secondary N) is 1. The monoisotopic (exact) mass is 311 g/mol. The SMILES string of the molecule is CCn1cc(NC(=O)c2c(F)cccc2Br)cn1. The lowest BCUT2D eigenvalue weighted by Crippen LogP contribution is -2.14. The standard InChI is InChI=1S/C12H11BrFN3O/c1-2-17-7-8(6-15-17)16-12(18)11-9(13)4-3-5-10(11)14/h3-7H,2H2,1H3,(H,16,18). The average molecular weight is 312 g/mol. The second kappa shape index (κ2) is 5.30. The molecule has 0 radical (unpaired) electrons. The number of hydrogen-bond acceptors (Lipinski definition) is 2. The molecular formula is C12H11BrFN3O. The van der Waals surface area contributed by atoms with E-state index in [1.807, 2.05) is 6.92 Å². The molecule has 1 heterocycles. The predicted octanol–water partition coefficient (Wildman–Crippen LogP) is 3.06. The van der Waals surface area contributed by atoms with E-state index >= 15 is 0 Å². The Morgan fingerprint density at radius 1 is 1.56 bits per heavy atom. The van der Waals surface area contributed by atoms with E-state index in [0.717, 1.165) is 0 Å². The number of anilines is 1. The van der Waals surface area contributed by atoms with Crippen molar-refractivity contribution in [1.29, 1.82) is 0 Å². The van der Waals surface area contributed by atoms with Gasteiger partial charge in [-0.15, -0.1) is 0 Å². The van der Waals surface area contributed by atoms with Gasteiger partial charge in [0.2, 0.25) is 0 Å². The van der Waals surface area contributed by atoms with Gasteiger partial charge in [-0.2, -0.15) is 5.10 Å². The molecule has 0 aliphatic rings. The van der Waals surface area contributed by atoms with Crippen LogP contribution in [-0.2, 0) is 6.54 Å². The molecule has 0 bridgehead atoms. The number of hydrogen-bond donors (Lipinski definition) is 1. The molecule has 0 saturated heterocycles. The molecule has 1 N–H and O–H groups in total. The Morgan fingerprint density at radius 3 is 2.94 bits per heavy atom. The second-order valence-corrected chi connectivity index (χ2v) is 4.49. The molecule has 94 valence electrons. The van der Waals surface area contributed by atoms with E-state index in [9.17, 15) is 9.18 Å². The van der Waals surface area contributed by atoms with Crippen molar-refractivity contribution in [3.05, 3.63) is 46.4 Å². The zero-order chi connectivity index (χ0) is 13.1. The van der Waals surface area contributed by atoms with E-state index in [0.29, 0.717) is 16.7 Å². The van der Waals surface area contributed by atoms with E-state index in [-0.39, 0.29) is 5.56 Å². The number of rotatable bonds is 3. The van der Waals surface area contributed by atoms with E-state index in [1.165, 1.54) is 18.3 Å². The summed E-state index contributed by atoms with van der Waals surface area (Å²) in [7, 11) is 0. The number of halogens is 2. The topological polar surface area (TPSA) is 46.9 Å². The third kappa shape index (κ3) is 2.59. The number of nitrogens with zero attached hydrogens (tertiary/aromatic N) is 2. The van der Waals surface area contributed by atoms with Crippen molar-refractivity contribution in [2.45, 2.75) is 13.5 Å². The van der Waals surface area contributed by atoms with Gasteiger partial charge in [0.25, 0.3) is 5.91 Å². The normalized spacial score (nSPS) is 10.4. The summed E-state index contributed by atoms with van der Waals surface area (Å²) in [4.78, 5) is 11.9. The van der Waals surface area contributed by atoms with E-state index in [1.54, 1.807) is 16.9 Å². The molecule has 1 aromatic carbocycles. The number of carbonyl (C=O) groups is 1. The maximum absolute atomic E-state index is 13.6. The summed E-state index contributed by atoms with van der Waals surface area (Å²) < 4.78 is 15.7. The quantitative estimate of drug-likeness (QED) is 0.947. The highest BCUT2D eigenvalue weighted by Gasteiger charge is 2.15. The van der Waals surface area contributed by atoms with Crippen molar-refractivity contribution in [3.8, 4) is 0 Å². The molecule has 0 atom stereocenters. The van der Waals surface area contributed by atoms with Crippen LogP contribution in [0.1, 0.15) is 17.3 Å². The van der Waals surface area contributed by atoms with Gasteiger partial charge in [-0.3, -0.25) is 9.48 Å². The molecule has 2 rings (SSSR count). The highest BCUT2D eigenvalue weighted by molar-refractivity contribution is 9.10. The fourth-order valence-electron chi connectivity index (χ4n) is 1.51. The van der Waals surface area contributed by atoms with Gasteiger partial charge >= 0.3 is 0 Å². The third-order valence-corrected chi connectivity index (χ3v) is 3.07.